The molecule has 0 atom stereocenters. The molecule has 0 radical (unpaired) electrons. The smallest absolute Gasteiger partial charge is 0.237 e. The van der Waals surface area contributed by atoms with Crippen molar-refractivity contribution in [1.29, 1.82) is 0 Å². The minimum absolute atomic E-state index is 0.177. The third kappa shape index (κ3) is 4.66. The lowest BCUT2D eigenvalue weighted by molar-refractivity contribution is 0.434. The zero-order chi connectivity index (χ0) is 18.7. The highest BCUT2D eigenvalue weighted by molar-refractivity contribution is 7.91. The van der Waals surface area contributed by atoms with Gasteiger partial charge in [0.2, 0.25) is 16.0 Å². The molecule has 0 unspecified atom stereocenters. The molecule has 1 aliphatic heterocycles. The molecule has 2 aromatic rings. The highest BCUT2D eigenvalue weighted by Gasteiger charge is 2.19. The second kappa shape index (κ2) is 7.53. The molecule has 0 saturated carbocycles. The van der Waals surface area contributed by atoms with E-state index in [0.717, 1.165) is 44.1 Å². The van der Waals surface area contributed by atoms with E-state index in [1.165, 1.54) is 12.4 Å². The van der Waals surface area contributed by atoms with Crippen molar-refractivity contribution in [2.75, 3.05) is 22.7 Å². The van der Waals surface area contributed by atoms with Crippen LogP contribution in [0.2, 0.25) is 0 Å². The maximum absolute atomic E-state index is 13.6. The number of nitrogens with zero attached hydrogens (tertiary/aromatic N) is 3. The van der Waals surface area contributed by atoms with Gasteiger partial charge >= 0.3 is 0 Å². The fraction of sp³-hybridized carbons (Fsp3) is 0.412. The first-order valence-electron chi connectivity index (χ1n) is 8.34. The van der Waals surface area contributed by atoms with Crippen LogP contribution in [0.3, 0.4) is 0 Å². The molecular weight excluding hydrogens is 362 g/mol. The van der Waals surface area contributed by atoms with Crippen molar-refractivity contribution < 1.29 is 17.2 Å². The Morgan fingerprint density at radius 1 is 1.19 bits per heavy atom. The minimum atomic E-state index is -3.92. The van der Waals surface area contributed by atoms with Crippen molar-refractivity contribution in [3.8, 4) is 0 Å². The molecule has 26 heavy (non-hydrogen) atoms. The van der Waals surface area contributed by atoms with Crippen LogP contribution in [0.25, 0.3) is 0 Å². The first-order valence-corrected chi connectivity index (χ1v) is 9.99. The molecule has 9 heteroatoms. The zero-order valence-electron chi connectivity index (χ0n) is 14.3. The molecule has 0 spiro atoms. The molecule has 0 amide bonds. The van der Waals surface area contributed by atoms with E-state index in [0.29, 0.717) is 11.9 Å². The van der Waals surface area contributed by atoms with Crippen molar-refractivity contribution in [2.45, 2.75) is 25.5 Å². The van der Waals surface area contributed by atoms with Gasteiger partial charge < -0.3 is 4.90 Å². The lowest BCUT2D eigenvalue weighted by atomic mass is 10.00. The molecule has 0 aliphatic carbocycles. The number of piperidine rings is 1. The van der Waals surface area contributed by atoms with Gasteiger partial charge in [-0.05, 0) is 37.0 Å². The van der Waals surface area contributed by atoms with Gasteiger partial charge in [-0.25, -0.2) is 27.2 Å². The Balaban J connectivity index is 1.67. The second-order valence-corrected chi connectivity index (χ2v) is 8.26. The third-order valence-electron chi connectivity index (χ3n) is 4.33. The lowest BCUT2D eigenvalue weighted by Crippen LogP contribution is -2.34. The molecule has 1 fully saturated rings. The Labute approximate surface area is 151 Å². The average Bonchev–Trinajstić information content (AvgIpc) is 2.59. The molecule has 0 bridgehead atoms. The number of aromatic nitrogens is 2. The Morgan fingerprint density at radius 3 is 2.50 bits per heavy atom. The number of benzene rings is 1. The van der Waals surface area contributed by atoms with Crippen LogP contribution in [0.15, 0.2) is 30.6 Å². The standard InChI is InChI=1S/C17H20F2N4O2S/c1-12-4-6-23(7-5-12)17-20-9-15(10-21-17)22-26(24,25)11-13-8-14(18)2-3-16(13)19/h2-3,8-10,12,22H,4-7,11H2,1H3. The van der Waals surface area contributed by atoms with Gasteiger partial charge in [0.25, 0.3) is 0 Å². The van der Waals surface area contributed by atoms with Crippen LogP contribution in [0, 0.1) is 17.6 Å². The molecule has 1 aliphatic rings. The van der Waals surface area contributed by atoms with Crippen LogP contribution in [-0.4, -0.2) is 31.5 Å². The van der Waals surface area contributed by atoms with Crippen molar-refractivity contribution in [2.24, 2.45) is 5.92 Å². The molecule has 1 saturated heterocycles. The normalized spacial score (nSPS) is 15.9. The van der Waals surface area contributed by atoms with Gasteiger partial charge in [-0.1, -0.05) is 6.92 Å². The van der Waals surface area contributed by atoms with Crippen LogP contribution in [0.5, 0.6) is 0 Å². The number of rotatable bonds is 5. The Morgan fingerprint density at radius 2 is 1.85 bits per heavy atom. The minimum Gasteiger partial charge on any atom is -0.341 e. The second-order valence-electron chi connectivity index (χ2n) is 6.54. The van der Waals surface area contributed by atoms with E-state index in [9.17, 15) is 17.2 Å². The van der Waals surface area contributed by atoms with Crippen LogP contribution in [0.1, 0.15) is 25.3 Å². The topological polar surface area (TPSA) is 75.2 Å². The Bertz CT molecular complexity index is 867. The summed E-state index contributed by atoms with van der Waals surface area (Å²) >= 11 is 0. The maximum Gasteiger partial charge on any atom is 0.237 e. The fourth-order valence-corrected chi connectivity index (χ4v) is 3.99. The van der Waals surface area contributed by atoms with E-state index in [1.54, 1.807) is 0 Å². The SMILES string of the molecule is CC1CCN(c2ncc(NS(=O)(=O)Cc3cc(F)ccc3F)cn2)CC1. The highest BCUT2D eigenvalue weighted by Crippen LogP contribution is 2.21. The molecular formula is C17H20F2N4O2S. The third-order valence-corrected chi connectivity index (χ3v) is 5.57. The summed E-state index contributed by atoms with van der Waals surface area (Å²) in [6.45, 7) is 3.94. The summed E-state index contributed by atoms with van der Waals surface area (Å²) in [7, 11) is -3.92. The zero-order valence-corrected chi connectivity index (χ0v) is 15.1. The molecule has 1 N–H and O–H groups in total. The number of hydrogen-bond donors (Lipinski definition) is 1. The largest absolute Gasteiger partial charge is 0.341 e. The molecule has 3 rings (SSSR count). The predicted octanol–water partition coefficient (Wildman–Crippen LogP) is 2.93. The van der Waals surface area contributed by atoms with Crippen molar-refractivity contribution >= 4 is 21.7 Å². The summed E-state index contributed by atoms with van der Waals surface area (Å²) in [5.41, 5.74) is -0.0617. The quantitative estimate of drug-likeness (QED) is 0.861. The lowest BCUT2D eigenvalue weighted by Gasteiger charge is -2.30. The van der Waals surface area contributed by atoms with Gasteiger partial charge in [-0.3, -0.25) is 4.72 Å². The number of anilines is 2. The molecule has 1 aromatic carbocycles. The average molecular weight is 382 g/mol. The van der Waals surface area contributed by atoms with E-state index in [2.05, 4.69) is 26.5 Å². The van der Waals surface area contributed by atoms with Gasteiger partial charge in [-0.2, -0.15) is 0 Å². The number of halogens is 2. The van der Waals surface area contributed by atoms with Gasteiger partial charge in [0, 0.05) is 18.7 Å². The summed E-state index contributed by atoms with van der Waals surface area (Å²) in [5, 5.41) is 0. The molecule has 140 valence electrons. The van der Waals surface area contributed by atoms with Gasteiger partial charge in [0.1, 0.15) is 11.6 Å². The summed E-state index contributed by atoms with van der Waals surface area (Å²) in [4.78, 5) is 10.5. The highest BCUT2D eigenvalue weighted by atomic mass is 32.2. The van der Waals surface area contributed by atoms with Crippen molar-refractivity contribution in [3.05, 3.63) is 47.8 Å². The summed E-state index contributed by atoms with van der Waals surface area (Å²) in [6, 6.07) is 2.70. The monoisotopic (exact) mass is 382 g/mol. The predicted molar refractivity (Wildman–Crippen MR) is 95.2 cm³/mol. The number of hydrogen-bond acceptors (Lipinski definition) is 5. The number of nitrogens with one attached hydrogen (secondary N) is 1. The van der Waals surface area contributed by atoms with E-state index in [-0.39, 0.29) is 11.3 Å². The van der Waals surface area contributed by atoms with Gasteiger partial charge in [-0.15, -0.1) is 0 Å². The van der Waals surface area contributed by atoms with E-state index < -0.39 is 27.4 Å². The summed E-state index contributed by atoms with van der Waals surface area (Å²) in [5.74, 6) is -0.915. The van der Waals surface area contributed by atoms with Crippen LogP contribution in [-0.2, 0) is 15.8 Å². The van der Waals surface area contributed by atoms with E-state index >= 15 is 0 Å². The summed E-state index contributed by atoms with van der Waals surface area (Å²) in [6.07, 6.45) is 4.88. The summed E-state index contributed by atoms with van der Waals surface area (Å²) < 4.78 is 53.5. The first-order chi connectivity index (χ1) is 12.3. The number of sulfonamides is 1. The van der Waals surface area contributed by atoms with Gasteiger partial charge in [0.05, 0.1) is 23.8 Å². The van der Waals surface area contributed by atoms with Crippen LogP contribution < -0.4 is 9.62 Å². The first kappa shape index (κ1) is 18.5. The van der Waals surface area contributed by atoms with E-state index in [1.807, 2.05) is 0 Å². The maximum atomic E-state index is 13.6. The molecule has 1 aromatic heterocycles. The Hall–Kier alpha value is -2.29. The van der Waals surface area contributed by atoms with Gasteiger partial charge in [0.15, 0.2) is 0 Å². The molecule has 6 nitrogen and oxygen atoms in total. The molecule has 2 heterocycles. The van der Waals surface area contributed by atoms with Crippen molar-refractivity contribution in [1.82, 2.24) is 9.97 Å². The Kier molecular flexibility index (Phi) is 5.36. The van der Waals surface area contributed by atoms with Crippen molar-refractivity contribution in [3.63, 3.8) is 0 Å². The van der Waals surface area contributed by atoms with E-state index in [4.69, 9.17) is 0 Å². The van der Waals surface area contributed by atoms with Crippen LogP contribution in [0.4, 0.5) is 20.4 Å². The fourth-order valence-electron chi connectivity index (χ4n) is 2.82. The van der Waals surface area contributed by atoms with Crippen LogP contribution >= 0.6 is 0 Å².